The van der Waals surface area contributed by atoms with Gasteiger partial charge in [0.05, 0.1) is 5.69 Å². The van der Waals surface area contributed by atoms with Crippen molar-refractivity contribution < 1.29 is 5.11 Å². The van der Waals surface area contributed by atoms with Crippen molar-refractivity contribution in [1.82, 2.24) is 4.98 Å². The maximum Gasteiger partial charge on any atom is 0.121 e. The van der Waals surface area contributed by atoms with Crippen LogP contribution in [0.15, 0.2) is 53.1 Å². The quantitative estimate of drug-likeness (QED) is 0.904. The SMILES string of the molecule is OC(c1ccccc1)c1ccc(Br)cn1. The van der Waals surface area contributed by atoms with Gasteiger partial charge in [-0.15, -0.1) is 0 Å². The van der Waals surface area contributed by atoms with E-state index in [4.69, 9.17) is 0 Å². The number of hydrogen-bond donors (Lipinski definition) is 1. The Morgan fingerprint density at radius 2 is 1.80 bits per heavy atom. The minimum atomic E-state index is -0.653. The second-order valence-electron chi connectivity index (χ2n) is 3.21. The lowest BCUT2D eigenvalue weighted by atomic mass is 10.1. The minimum Gasteiger partial charge on any atom is -0.382 e. The van der Waals surface area contributed by atoms with Gasteiger partial charge >= 0.3 is 0 Å². The van der Waals surface area contributed by atoms with Gasteiger partial charge in [0.15, 0.2) is 0 Å². The van der Waals surface area contributed by atoms with Crippen LogP contribution < -0.4 is 0 Å². The molecule has 1 atom stereocenters. The number of aliphatic hydroxyl groups is 1. The van der Waals surface area contributed by atoms with Crippen LogP contribution in [0.3, 0.4) is 0 Å². The fourth-order valence-electron chi connectivity index (χ4n) is 1.36. The number of halogens is 1. The molecule has 1 N–H and O–H groups in total. The Hall–Kier alpha value is -1.19. The van der Waals surface area contributed by atoms with E-state index in [2.05, 4.69) is 20.9 Å². The van der Waals surface area contributed by atoms with E-state index in [1.54, 1.807) is 6.20 Å². The highest BCUT2D eigenvalue weighted by Gasteiger charge is 2.10. The van der Waals surface area contributed by atoms with Crippen molar-refractivity contribution in [2.45, 2.75) is 6.10 Å². The van der Waals surface area contributed by atoms with Crippen LogP contribution in [-0.4, -0.2) is 10.1 Å². The third-order valence-corrected chi connectivity index (χ3v) is 2.61. The van der Waals surface area contributed by atoms with Crippen molar-refractivity contribution >= 4 is 15.9 Å². The average Bonchev–Trinajstić information content (AvgIpc) is 2.30. The number of aromatic nitrogens is 1. The van der Waals surface area contributed by atoms with Crippen molar-refractivity contribution in [3.63, 3.8) is 0 Å². The highest BCUT2D eigenvalue weighted by atomic mass is 79.9. The van der Waals surface area contributed by atoms with Crippen LogP contribution in [0.5, 0.6) is 0 Å². The monoisotopic (exact) mass is 263 g/mol. The maximum absolute atomic E-state index is 10.0. The van der Waals surface area contributed by atoms with Gasteiger partial charge in [-0.25, -0.2) is 0 Å². The molecule has 2 aromatic rings. The summed E-state index contributed by atoms with van der Waals surface area (Å²) in [5.74, 6) is 0. The molecule has 0 saturated carbocycles. The van der Waals surface area contributed by atoms with Crippen molar-refractivity contribution in [3.8, 4) is 0 Å². The molecule has 1 unspecified atom stereocenters. The third kappa shape index (κ3) is 2.43. The molecule has 0 amide bonds. The molecule has 0 radical (unpaired) electrons. The van der Waals surface area contributed by atoms with E-state index in [-0.39, 0.29) is 0 Å². The first-order chi connectivity index (χ1) is 7.27. The van der Waals surface area contributed by atoms with Gasteiger partial charge in [-0.1, -0.05) is 30.3 Å². The van der Waals surface area contributed by atoms with E-state index in [0.717, 1.165) is 10.0 Å². The van der Waals surface area contributed by atoms with Gasteiger partial charge in [-0.3, -0.25) is 4.98 Å². The van der Waals surface area contributed by atoms with E-state index < -0.39 is 6.10 Å². The molecule has 0 spiro atoms. The van der Waals surface area contributed by atoms with Crippen LogP contribution in [-0.2, 0) is 0 Å². The first kappa shape index (κ1) is 10.3. The molecule has 0 aliphatic carbocycles. The number of hydrogen-bond acceptors (Lipinski definition) is 2. The van der Waals surface area contributed by atoms with Crippen LogP contribution in [0.25, 0.3) is 0 Å². The Kier molecular flexibility index (Phi) is 3.14. The van der Waals surface area contributed by atoms with Crippen molar-refractivity contribution in [2.75, 3.05) is 0 Å². The molecule has 0 fully saturated rings. The van der Waals surface area contributed by atoms with Gasteiger partial charge in [0.2, 0.25) is 0 Å². The average molecular weight is 264 g/mol. The van der Waals surface area contributed by atoms with Crippen LogP contribution in [0, 0.1) is 0 Å². The van der Waals surface area contributed by atoms with Crippen molar-refractivity contribution in [2.24, 2.45) is 0 Å². The fourth-order valence-corrected chi connectivity index (χ4v) is 1.59. The molecule has 0 bridgehead atoms. The Morgan fingerprint density at radius 1 is 1.07 bits per heavy atom. The Morgan fingerprint density at radius 3 is 2.40 bits per heavy atom. The molecule has 1 aromatic heterocycles. The van der Waals surface area contributed by atoms with E-state index >= 15 is 0 Å². The summed E-state index contributed by atoms with van der Waals surface area (Å²) in [4.78, 5) is 4.16. The third-order valence-electron chi connectivity index (χ3n) is 2.15. The number of benzene rings is 1. The van der Waals surface area contributed by atoms with Crippen LogP contribution in [0.2, 0.25) is 0 Å². The van der Waals surface area contributed by atoms with E-state index in [1.165, 1.54) is 0 Å². The number of rotatable bonds is 2. The second kappa shape index (κ2) is 4.55. The number of pyridine rings is 1. The zero-order valence-corrected chi connectivity index (χ0v) is 9.55. The highest BCUT2D eigenvalue weighted by Crippen LogP contribution is 2.20. The van der Waals surface area contributed by atoms with Gasteiger partial charge in [-0.05, 0) is 33.6 Å². The van der Waals surface area contributed by atoms with Gasteiger partial charge in [0, 0.05) is 10.7 Å². The first-order valence-electron chi connectivity index (χ1n) is 4.62. The van der Waals surface area contributed by atoms with Crippen molar-refractivity contribution in [3.05, 3.63) is 64.4 Å². The van der Waals surface area contributed by atoms with E-state index in [9.17, 15) is 5.11 Å². The van der Waals surface area contributed by atoms with E-state index in [0.29, 0.717) is 5.69 Å². The van der Waals surface area contributed by atoms with Crippen LogP contribution in [0.1, 0.15) is 17.4 Å². The molecule has 0 aliphatic rings. The molecule has 3 heteroatoms. The molecular formula is C12H10BrNO. The Bertz CT molecular complexity index is 427. The summed E-state index contributed by atoms with van der Waals surface area (Å²) < 4.78 is 0.909. The zero-order chi connectivity index (χ0) is 10.7. The number of aliphatic hydroxyl groups excluding tert-OH is 1. The molecule has 2 nitrogen and oxygen atoms in total. The van der Waals surface area contributed by atoms with Gasteiger partial charge in [0.1, 0.15) is 6.10 Å². The zero-order valence-electron chi connectivity index (χ0n) is 7.97. The van der Waals surface area contributed by atoms with Gasteiger partial charge in [-0.2, -0.15) is 0 Å². The van der Waals surface area contributed by atoms with E-state index in [1.807, 2.05) is 42.5 Å². The lowest BCUT2D eigenvalue weighted by Gasteiger charge is -2.09. The standard InChI is InChI=1S/C12H10BrNO/c13-10-6-7-11(14-8-10)12(15)9-4-2-1-3-5-9/h1-8,12,15H. The summed E-state index contributed by atoms with van der Waals surface area (Å²) in [6.45, 7) is 0. The molecule has 76 valence electrons. The minimum absolute atomic E-state index is 0.653. The van der Waals surface area contributed by atoms with Crippen LogP contribution in [0.4, 0.5) is 0 Å². The maximum atomic E-state index is 10.0. The Labute approximate surface area is 96.7 Å². The summed E-state index contributed by atoms with van der Waals surface area (Å²) >= 11 is 3.31. The second-order valence-corrected chi connectivity index (χ2v) is 4.13. The highest BCUT2D eigenvalue weighted by molar-refractivity contribution is 9.10. The summed E-state index contributed by atoms with van der Waals surface area (Å²) in [5, 5.41) is 10.0. The molecule has 1 heterocycles. The molecule has 1 aromatic carbocycles. The smallest absolute Gasteiger partial charge is 0.121 e. The molecule has 0 saturated heterocycles. The number of nitrogens with zero attached hydrogens (tertiary/aromatic N) is 1. The predicted octanol–water partition coefficient (Wildman–Crippen LogP) is 2.93. The lowest BCUT2D eigenvalue weighted by molar-refractivity contribution is 0.215. The summed E-state index contributed by atoms with van der Waals surface area (Å²) in [5.41, 5.74) is 1.51. The fraction of sp³-hybridized carbons (Fsp3) is 0.0833. The van der Waals surface area contributed by atoms with Gasteiger partial charge < -0.3 is 5.11 Å². The molecular weight excluding hydrogens is 254 g/mol. The van der Waals surface area contributed by atoms with Gasteiger partial charge in [0.25, 0.3) is 0 Å². The normalized spacial score (nSPS) is 12.4. The van der Waals surface area contributed by atoms with Crippen LogP contribution >= 0.6 is 15.9 Å². The molecule has 2 rings (SSSR count). The largest absolute Gasteiger partial charge is 0.382 e. The first-order valence-corrected chi connectivity index (χ1v) is 5.41. The topological polar surface area (TPSA) is 33.1 Å². The van der Waals surface area contributed by atoms with Crippen molar-refractivity contribution in [1.29, 1.82) is 0 Å². The molecule has 15 heavy (non-hydrogen) atoms. The lowest BCUT2D eigenvalue weighted by Crippen LogP contribution is -2.01. The summed E-state index contributed by atoms with van der Waals surface area (Å²) in [6, 6.07) is 13.2. The predicted molar refractivity (Wildman–Crippen MR) is 62.4 cm³/mol. The summed E-state index contributed by atoms with van der Waals surface area (Å²) in [7, 11) is 0. The molecule has 0 aliphatic heterocycles. The Balaban J connectivity index is 2.29. The summed E-state index contributed by atoms with van der Waals surface area (Å²) in [6.07, 6.45) is 1.03.